The van der Waals surface area contributed by atoms with Crippen molar-refractivity contribution in [2.45, 2.75) is 32.2 Å². The molecule has 0 aliphatic heterocycles. The van der Waals surface area contributed by atoms with E-state index >= 15 is 0 Å². The summed E-state index contributed by atoms with van der Waals surface area (Å²) in [5, 5.41) is 8.60. The Bertz CT molecular complexity index is 447. The van der Waals surface area contributed by atoms with Crippen LogP contribution in [0.5, 0.6) is 0 Å². The van der Waals surface area contributed by atoms with Gasteiger partial charge in [0, 0.05) is 28.9 Å². The largest absolute Gasteiger partial charge is 0.478 e. The lowest BCUT2D eigenvalue weighted by Gasteiger charge is -2.19. The molecule has 1 saturated carbocycles. The molecule has 0 radical (unpaired) electrons. The molecule has 104 valence electrons. The van der Waals surface area contributed by atoms with Crippen molar-refractivity contribution in [3.63, 3.8) is 0 Å². The van der Waals surface area contributed by atoms with Gasteiger partial charge >= 0.3 is 5.97 Å². The zero-order chi connectivity index (χ0) is 13.7. The molecule has 0 atom stereocenters. The van der Waals surface area contributed by atoms with Gasteiger partial charge in [-0.2, -0.15) is 0 Å². The quantitative estimate of drug-likeness (QED) is 0.811. The van der Waals surface area contributed by atoms with Crippen LogP contribution >= 0.6 is 11.3 Å². The van der Waals surface area contributed by atoms with E-state index in [9.17, 15) is 4.79 Å². The molecule has 0 bridgehead atoms. The van der Waals surface area contributed by atoms with Crippen LogP contribution in [0.3, 0.4) is 0 Å². The lowest BCUT2D eigenvalue weighted by molar-refractivity contribution is -0.131. The van der Waals surface area contributed by atoms with Crippen LogP contribution in [0.4, 0.5) is 0 Å². The van der Waals surface area contributed by atoms with Crippen LogP contribution < -0.4 is 0 Å². The van der Waals surface area contributed by atoms with E-state index in [1.165, 1.54) is 43.2 Å². The van der Waals surface area contributed by atoms with Crippen LogP contribution in [0.25, 0.3) is 6.08 Å². The number of thiophene rings is 1. The predicted octanol–water partition coefficient (Wildman–Crippen LogP) is 3.47. The van der Waals surface area contributed by atoms with Crippen LogP contribution in [0.1, 0.15) is 35.4 Å². The number of carbonyl (C=O) groups is 1. The first-order valence-electron chi connectivity index (χ1n) is 6.82. The summed E-state index contributed by atoms with van der Waals surface area (Å²) in [5.74, 6) is -0.0235. The molecule has 0 saturated heterocycles. The number of rotatable bonds is 6. The van der Waals surface area contributed by atoms with E-state index in [1.54, 1.807) is 17.4 Å². The topological polar surface area (TPSA) is 40.5 Å². The first-order chi connectivity index (χ1) is 9.13. The summed E-state index contributed by atoms with van der Waals surface area (Å²) >= 11 is 1.67. The molecule has 1 aliphatic rings. The summed E-state index contributed by atoms with van der Waals surface area (Å²) in [4.78, 5) is 15.1. The van der Waals surface area contributed by atoms with Crippen LogP contribution in [-0.4, -0.2) is 29.6 Å². The average molecular weight is 279 g/mol. The molecule has 1 aromatic rings. The van der Waals surface area contributed by atoms with E-state index in [2.05, 4.69) is 18.0 Å². The standard InChI is InChI=1S/C15H21NO2S/c1-16(10-12-4-2-3-5-12)11-14-7-6-13(19-14)8-9-15(17)18/h6-9,12H,2-5,10-11H2,1H3,(H,17,18). The first-order valence-corrected chi connectivity index (χ1v) is 7.63. The minimum atomic E-state index is -0.895. The lowest BCUT2D eigenvalue weighted by atomic mass is 10.1. The Hall–Kier alpha value is -1.13. The van der Waals surface area contributed by atoms with Crippen molar-refractivity contribution in [1.82, 2.24) is 4.90 Å². The highest BCUT2D eigenvalue weighted by atomic mass is 32.1. The molecule has 1 heterocycles. The SMILES string of the molecule is CN(Cc1ccc(C=CC(=O)O)s1)CC1CCCC1. The number of carboxylic acid groups (broad SMARTS) is 1. The van der Waals surface area contributed by atoms with E-state index < -0.39 is 5.97 Å². The second-order valence-corrected chi connectivity index (χ2v) is 6.52. The highest BCUT2D eigenvalue weighted by Crippen LogP contribution is 2.26. The minimum Gasteiger partial charge on any atom is -0.478 e. The molecular weight excluding hydrogens is 258 g/mol. The zero-order valence-electron chi connectivity index (χ0n) is 11.3. The first kappa shape index (κ1) is 14.3. The summed E-state index contributed by atoms with van der Waals surface area (Å²) in [5.41, 5.74) is 0. The smallest absolute Gasteiger partial charge is 0.328 e. The van der Waals surface area contributed by atoms with E-state index in [-0.39, 0.29) is 0 Å². The molecule has 0 aromatic carbocycles. The van der Waals surface area contributed by atoms with Gasteiger partial charge < -0.3 is 10.0 Å². The maximum atomic E-state index is 10.5. The molecule has 3 nitrogen and oxygen atoms in total. The molecule has 1 N–H and O–H groups in total. The van der Waals surface area contributed by atoms with Crippen molar-refractivity contribution < 1.29 is 9.90 Å². The lowest BCUT2D eigenvalue weighted by Crippen LogP contribution is -2.23. The Morgan fingerprint density at radius 3 is 2.89 bits per heavy atom. The Balaban J connectivity index is 1.83. The van der Waals surface area contributed by atoms with E-state index in [0.717, 1.165) is 17.3 Å². The highest BCUT2D eigenvalue weighted by molar-refractivity contribution is 7.12. The second-order valence-electron chi connectivity index (χ2n) is 5.32. The molecule has 0 spiro atoms. The van der Waals surface area contributed by atoms with Gasteiger partial charge in [0.25, 0.3) is 0 Å². The number of aliphatic carboxylic acids is 1. The average Bonchev–Trinajstić information content (AvgIpc) is 2.98. The fourth-order valence-electron chi connectivity index (χ4n) is 2.69. The number of carboxylic acids is 1. The van der Waals surface area contributed by atoms with E-state index in [4.69, 9.17) is 5.11 Å². The number of nitrogens with zero attached hydrogens (tertiary/aromatic N) is 1. The van der Waals surface area contributed by atoms with Crippen molar-refractivity contribution in [3.8, 4) is 0 Å². The molecule has 0 amide bonds. The Kier molecular flexibility index (Phi) is 5.16. The van der Waals surface area contributed by atoms with Gasteiger partial charge in [-0.25, -0.2) is 4.79 Å². The Labute approximate surface area is 118 Å². The number of hydrogen-bond donors (Lipinski definition) is 1. The summed E-state index contributed by atoms with van der Waals surface area (Å²) < 4.78 is 0. The fourth-order valence-corrected chi connectivity index (χ4v) is 3.68. The fraction of sp³-hybridized carbons (Fsp3) is 0.533. The third-order valence-corrected chi connectivity index (χ3v) is 4.58. The van der Waals surface area contributed by atoms with Gasteiger partial charge in [0.15, 0.2) is 0 Å². The van der Waals surface area contributed by atoms with E-state index in [1.807, 2.05) is 6.07 Å². The summed E-state index contributed by atoms with van der Waals surface area (Å²) in [7, 11) is 2.17. The molecule has 0 unspecified atom stereocenters. The minimum absolute atomic E-state index is 0.872. The Morgan fingerprint density at radius 2 is 2.21 bits per heavy atom. The summed E-state index contributed by atoms with van der Waals surface area (Å²) in [6.07, 6.45) is 8.39. The summed E-state index contributed by atoms with van der Waals surface area (Å²) in [6.45, 7) is 2.14. The molecule has 4 heteroatoms. The third-order valence-electron chi connectivity index (χ3n) is 3.54. The Morgan fingerprint density at radius 1 is 1.47 bits per heavy atom. The van der Waals surface area contributed by atoms with Gasteiger partial charge in [-0.1, -0.05) is 12.8 Å². The third kappa shape index (κ3) is 4.80. The van der Waals surface area contributed by atoms with Gasteiger partial charge in [0.05, 0.1) is 0 Å². The van der Waals surface area contributed by atoms with Crippen molar-refractivity contribution >= 4 is 23.4 Å². The van der Waals surface area contributed by atoms with Crippen molar-refractivity contribution in [2.75, 3.05) is 13.6 Å². The molecule has 1 fully saturated rings. The van der Waals surface area contributed by atoms with Crippen molar-refractivity contribution in [2.24, 2.45) is 5.92 Å². The summed E-state index contributed by atoms with van der Waals surface area (Å²) in [6, 6.07) is 4.08. The second kappa shape index (κ2) is 6.87. The van der Waals surface area contributed by atoms with Crippen LogP contribution in [-0.2, 0) is 11.3 Å². The van der Waals surface area contributed by atoms with Crippen molar-refractivity contribution in [1.29, 1.82) is 0 Å². The molecule has 1 aromatic heterocycles. The monoisotopic (exact) mass is 279 g/mol. The normalized spacial score (nSPS) is 16.7. The van der Waals surface area contributed by atoms with E-state index in [0.29, 0.717) is 0 Å². The maximum Gasteiger partial charge on any atom is 0.328 e. The molecule has 1 aliphatic carbocycles. The van der Waals surface area contributed by atoms with Gasteiger partial charge in [0.1, 0.15) is 0 Å². The maximum absolute atomic E-state index is 10.5. The van der Waals surface area contributed by atoms with Gasteiger partial charge in [0.2, 0.25) is 0 Å². The zero-order valence-corrected chi connectivity index (χ0v) is 12.2. The predicted molar refractivity (Wildman–Crippen MR) is 79.3 cm³/mol. The molecular formula is C15H21NO2S. The van der Waals surface area contributed by atoms with Crippen molar-refractivity contribution in [3.05, 3.63) is 28.0 Å². The highest BCUT2D eigenvalue weighted by Gasteiger charge is 2.16. The molecule has 19 heavy (non-hydrogen) atoms. The van der Waals surface area contributed by atoms with Crippen LogP contribution in [0.15, 0.2) is 18.2 Å². The van der Waals surface area contributed by atoms with Gasteiger partial charge in [-0.3, -0.25) is 0 Å². The van der Waals surface area contributed by atoms with Gasteiger partial charge in [-0.05, 0) is 44.0 Å². The van der Waals surface area contributed by atoms with Crippen LogP contribution in [0.2, 0.25) is 0 Å². The number of hydrogen-bond acceptors (Lipinski definition) is 3. The van der Waals surface area contributed by atoms with Gasteiger partial charge in [-0.15, -0.1) is 11.3 Å². The van der Waals surface area contributed by atoms with Crippen LogP contribution in [0, 0.1) is 5.92 Å². The molecule has 2 rings (SSSR count).